The quantitative estimate of drug-likeness (QED) is 0.804. The van der Waals surface area contributed by atoms with Crippen LogP contribution in [0.25, 0.3) is 11.0 Å². The third-order valence-corrected chi connectivity index (χ3v) is 11.5. The van der Waals surface area contributed by atoms with Crippen LogP contribution in [0.5, 0.6) is 0 Å². The molecular formula is C18H24FN3OSi. The molecule has 0 aromatic carbocycles. The smallest absolute Gasteiger partial charge is 0.267 e. The summed E-state index contributed by atoms with van der Waals surface area (Å²) in [5, 5.41) is 3.52. The summed E-state index contributed by atoms with van der Waals surface area (Å²) in [5.74, 6) is -0.473. The van der Waals surface area contributed by atoms with Gasteiger partial charge in [-0.25, -0.2) is 9.37 Å². The van der Waals surface area contributed by atoms with Gasteiger partial charge >= 0.3 is 0 Å². The van der Waals surface area contributed by atoms with E-state index in [4.69, 9.17) is 0 Å². The molecule has 4 heterocycles. The molecule has 2 aliphatic rings. The number of rotatable bonds is 2. The number of H-pyrrole nitrogens is 1. The first-order chi connectivity index (χ1) is 11.5. The Balaban J connectivity index is 1.44. The van der Waals surface area contributed by atoms with Crippen molar-refractivity contribution in [3.8, 4) is 0 Å². The van der Waals surface area contributed by atoms with Crippen LogP contribution in [0.15, 0.2) is 12.1 Å². The minimum atomic E-state index is -0.950. The van der Waals surface area contributed by atoms with Crippen LogP contribution in [-0.2, 0) is 0 Å². The highest BCUT2D eigenvalue weighted by Gasteiger charge is 2.39. The van der Waals surface area contributed by atoms with Gasteiger partial charge in [0.2, 0.25) is 0 Å². The fourth-order valence-corrected chi connectivity index (χ4v) is 9.99. The molecule has 6 heteroatoms. The molecule has 0 saturated carbocycles. The lowest BCUT2D eigenvalue weighted by Gasteiger charge is -2.35. The minimum Gasteiger partial charge on any atom is -0.348 e. The minimum absolute atomic E-state index is 0.140. The topological polar surface area (TPSA) is 57.8 Å². The van der Waals surface area contributed by atoms with Gasteiger partial charge < -0.3 is 10.3 Å². The molecule has 2 aromatic heterocycles. The van der Waals surface area contributed by atoms with E-state index in [0.29, 0.717) is 22.4 Å². The summed E-state index contributed by atoms with van der Waals surface area (Å²) in [4.78, 5) is 19.7. The first kappa shape index (κ1) is 15.8. The summed E-state index contributed by atoms with van der Waals surface area (Å²) >= 11 is 0. The zero-order chi connectivity index (χ0) is 16.7. The molecule has 0 atom stereocenters. The molecular weight excluding hydrogens is 321 g/mol. The summed E-state index contributed by atoms with van der Waals surface area (Å²) in [6.07, 6.45) is 5.08. The van der Waals surface area contributed by atoms with Gasteiger partial charge in [0.15, 0.2) is 0 Å². The molecule has 128 valence electrons. The maximum atomic E-state index is 14.0. The largest absolute Gasteiger partial charge is 0.348 e. The summed E-state index contributed by atoms with van der Waals surface area (Å²) in [6, 6.07) is 8.95. The van der Waals surface area contributed by atoms with Gasteiger partial charge in [-0.15, -0.1) is 0 Å². The molecule has 4 rings (SSSR count). The second-order valence-corrected chi connectivity index (χ2v) is 12.6. The molecule has 2 N–H and O–H groups in total. The Morgan fingerprint density at radius 2 is 1.96 bits per heavy atom. The van der Waals surface area contributed by atoms with Crippen LogP contribution < -0.4 is 5.32 Å². The van der Waals surface area contributed by atoms with Gasteiger partial charge in [0.1, 0.15) is 17.2 Å². The van der Waals surface area contributed by atoms with E-state index in [9.17, 15) is 9.18 Å². The fourth-order valence-electron chi connectivity index (χ4n) is 4.57. The van der Waals surface area contributed by atoms with Gasteiger partial charge in [-0.2, -0.15) is 0 Å². The molecule has 0 bridgehead atoms. The number of nitrogens with zero attached hydrogens (tertiary/aromatic N) is 1. The number of amides is 1. The third kappa shape index (κ3) is 2.88. The Kier molecular flexibility index (Phi) is 3.94. The Morgan fingerprint density at radius 1 is 1.25 bits per heavy atom. The highest BCUT2D eigenvalue weighted by molar-refractivity contribution is 6.80. The van der Waals surface area contributed by atoms with Gasteiger partial charge in [-0.1, -0.05) is 37.0 Å². The van der Waals surface area contributed by atoms with Crippen LogP contribution in [0.2, 0.25) is 24.2 Å². The Hall–Kier alpha value is -1.69. The Bertz CT molecular complexity index is 772. The standard InChI is InChI=1S/C18H24FN3OSi/c1-12-10-15(19)14-11-16(22-17(14)20-12)18(23)21-13-4-8-24(9-5-13)6-2-3-7-24/h10-11,13H,2-9H2,1H3,(H,20,22)(H,21,23). The average molecular weight is 345 g/mol. The number of hydrogen-bond acceptors (Lipinski definition) is 2. The molecule has 1 amide bonds. The number of aryl methyl sites for hydroxylation is 1. The molecule has 2 aromatic rings. The van der Waals surface area contributed by atoms with E-state index in [0.717, 1.165) is 12.8 Å². The van der Waals surface area contributed by atoms with Crippen LogP contribution in [-0.4, -0.2) is 30.0 Å². The number of hydrogen-bond donors (Lipinski definition) is 2. The Morgan fingerprint density at radius 3 is 2.67 bits per heavy atom. The lowest BCUT2D eigenvalue weighted by atomic mass is 10.1. The van der Waals surface area contributed by atoms with Crippen molar-refractivity contribution in [2.75, 3.05) is 0 Å². The van der Waals surface area contributed by atoms with Crippen molar-refractivity contribution >= 4 is 25.0 Å². The number of carbonyl (C=O) groups is 1. The number of aromatic amines is 1. The molecule has 0 radical (unpaired) electrons. The zero-order valence-corrected chi connectivity index (χ0v) is 15.1. The van der Waals surface area contributed by atoms with Crippen LogP contribution in [0.4, 0.5) is 4.39 Å². The third-order valence-electron chi connectivity index (χ3n) is 5.97. The van der Waals surface area contributed by atoms with E-state index in [1.807, 2.05) is 0 Å². The van der Waals surface area contributed by atoms with Crippen LogP contribution in [0.3, 0.4) is 0 Å². The summed E-state index contributed by atoms with van der Waals surface area (Å²) < 4.78 is 14.0. The van der Waals surface area contributed by atoms with Crippen molar-refractivity contribution in [2.45, 2.75) is 62.8 Å². The number of carbonyl (C=O) groups excluding carboxylic acids is 1. The average Bonchev–Trinajstić information content (AvgIpc) is 3.17. The first-order valence-electron chi connectivity index (χ1n) is 9.01. The van der Waals surface area contributed by atoms with Crippen molar-refractivity contribution in [1.82, 2.24) is 15.3 Å². The molecule has 1 spiro atoms. The number of aromatic nitrogens is 2. The zero-order valence-electron chi connectivity index (χ0n) is 14.1. The summed E-state index contributed by atoms with van der Waals surface area (Å²) in [7, 11) is -0.950. The van der Waals surface area contributed by atoms with Crippen molar-refractivity contribution < 1.29 is 9.18 Å². The van der Waals surface area contributed by atoms with Gasteiger partial charge in [-0.05, 0) is 31.9 Å². The van der Waals surface area contributed by atoms with E-state index in [-0.39, 0.29) is 17.8 Å². The van der Waals surface area contributed by atoms with Crippen LogP contribution in [0.1, 0.15) is 41.9 Å². The highest BCUT2D eigenvalue weighted by Crippen LogP contribution is 2.42. The van der Waals surface area contributed by atoms with E-state index in [1.54, 1.807) is 13.0 Å². The number of nitrogens with one attached hydrogen (secondary N) is 2. The number of fused-ring (bicyclic) bond motifs is 1. The van der Waals surface area contributed by atoms with Crippen LogP contribution in [0, 0.1) is 12.7 Å². The van der Waals surface area contributed by atoms with E-state index in [2.05, 4.69) is 15.3 Å². The second kappa shape index (κ2) is 5.99. The van der Waals surface area contributed by atoms with Gasteiger partial charge in [0, 0.05) is 11.7 Å². The maximum absolute atomic E-state index is 14.0. The normalized spacial score (nSPS) is 20.8. The molecule has 0 unspecified atom stereocenters. The molecule has 2 aliphatic heterocycles. The molecule has 24 heavy (non-hydrogen) atoms. The number of pyridine rings is 1. The first-order valence-corrected chi connectivity index (χ1v) is 11.8. The lowest BCUT2D eigenvalue weighted by molar-refractivity contribution is 0.0929. The van der Waals surface area contributed by atoms with Crippen LogP contribution >= 0.6 is 0 Å². The van der Waals surface area contributed by atoms with E-state index in [1.165, 1.54) is 43.1 Å². The van der Waals surface area contributed by atoms with Gasteiger partial charge in [0.25, 0.3) is 5.91 Å². The molecule has 4 nitrogen and oxygen atoms in total. The number of halogens is 1. The highest BCUT2D eigenvalue weighted by atomic mass is 28.3. The Labute approximate surface area is 142 Å². The van der Waals surface area contributed by atoms with E-state index < -0.39 is 8.07 Å². The maximum Gasteiger partial charge on any atom is 0.267 e. The van der Waals surface area contributed by atoms with Crippen molar-refractivity contribution in [2.24, 2.45) is 0 Å². The predicted octanol–water partition coefficient (Wildman–Crippen LogP) is 4.15. The molecule has 2 fully saturated rings. The SMILES string of the molecule is Cc1cc(F)c2cc(C(=O)NC3CC[Si]4(CCCC4)CC3)[nH]c2n1. The fraction of sp³-hybridized carbons (Fsp3) is 0.556. The summed E-state index contributed by atoms with van der Waals surface area (Å²) in [5.41, 5.74) is 1.45. The van der Waals surface area contributed by atoms with Crippen molar-refractivity contribution in [1.29, 1.82) is 0 Å². The summed E-state index contributed by atoms with van der Waals surface area (Å²) in [6.45, 7) is 1.74. The second-order valence-electron chi connectivity index (χ2n) is 7.65. The molecule has 0 aliphatic carbocycles. The van der Waals surface area contributed by atoms with Crippen molar-refractivity contribution in [3.63, 3.8) is 0 Å². The van der Waals surface area contributed by atoms with E-state index >= 15 is 0 Å². The lowest BCUT2D eigenvalue weighted by Crippen LogP contribution is -2.43. The van der Waals surface area contributed by atoms with Gasteiger partial charge in [-0.3, -0.25) is 4.79 Å². The molecule has 2 saturated heterocycles. The predicted molar refractivity (Wildman–Crippen MR) is 95.5 cm³/mol. The van der Waals surface area contributed by atoms with Gasteiger partial charge in [0.05, 0.1) is 13.5 Å². The monoisotopic (exact) mass is 345 g/mol. The van der Waals surface area contributed by atoms with Crippen molar-refractivity contribution in [3.05, 3.63) is 29.3 Å².